The maximum Gasteiger partial charge on any atom is 0.217 e. The van der Waals surface area contributed by atoms with E-state index in [1.807, 2.05) is 13.8 Å². The molecule has 0 aliphatic heterocycles. The van der Waals surface area contributed by atoms with Crippen molar-refractivity contribution in [1.29, 1.82) is 0 Å². The fourth-order valence-electron chi connectivity index (χ4n) is 0.777. The molecule has 1 aromatic rings. The first-order chi connectivity index (χ1) is 5.25. The molecular formula is C8H10ClNO. The molecule has 1 rings (SSSR count). The lowest BCUT2D eigenvalue weighted by molar-refractivity contribution is 0.324. The Morgan fingerprint density at radius 2 is 2.36 bits per heavy atom. The second kappa shape index (κ2) is 3.58. The Hall–Kier alpha value is -0.760. The first-order valence-electron chi connectivity index (χ1n) is 3.49. The summed E-state index contributed by atoms with van der Waals surface area (Å²) in [4.78, 5) is 4.02. The van der Waals surface area contributed by atoms with Gasteiger partial charge in [0.2, 0.25) is 5.88 Å². The Balaban J connectivity index is 2.96. The summed E-state index contributed by atoms with van der Waals surface area (Å²) in [7, 11) is 0. The van der Waals surface area contributed by atoms with Crippen LogP contribution in [0.5, 0.6) is 5.88 Å². The molecule has 0 bridgehead atoms. The van der Waals surface area contributed by atoms with E-state index in [1.54, 1.807) is 12.3 Å². The van der Waals surface area contributed by atoms with Crippen LogP contribution in [0.25, 0.3) is 0 Å². The van der Waals surface area contributed by atoms with Crippen LogP contribution < -0.4 is 4.74 Å². The predicted molar refractivity (Wildman–Crippen MR) is 45.2 cm³/mol. The number of hydrogen-bond donors (Lipinski definition) is 0. The highest BCUT2D eigenvalue weighted by molar-refractivity contribution is 6.31. The van der Waals surface area contributed by atoms with Gasteiger partial charge in [0, 0.05) is 11.8 Å². The first-order valence-corrected chi connectivity index (χ1v) is 3.87. The van der Waals surface area contributed by atoms with Gasteiger partial charge in [0.25, 0.3) is 0 Å². The van der Waals surface area contributed by atoms with Crippen LogP contribution in [0.15, 0.2) is 12.3 Å². The van der Waals surface area contributed by atoms with Gasteiger partial charge in [-0.1, -0.05) is 11.6 Å². The summed E-state index contributed by atoms with van der Waals surface area (Å²) in [6.45, 7) is 4.43. The molecule has 11 heavy (non-hydrogen) atoms. The lowest BCUT2D eigenvalue weighted by atomic mass is 10.3. The van der Waals surface area contributed by atoms with Crippen molar-refractivity contribution in [3.05, 3.63) is 22.8 Å². The normalized spacial score (nSPS) is 9.73. The molecule has 3 heteroatoms. The Bertz CT molecular complexity index is 250. The van der Waals surface area contributed by atoms with Crippen LogP contribution in [-0.4, -0.2) is 11.6 Å². The fourth-order valence-corrected chi connectivity index (χ4v) is 0.914. The predicted octanol–water partition coefficient (Wildman–Crippen LogP) is 2.44. The highest BCUT2D eigenvalue weighted by atomic mass is 35.5. The summed E-state index contributed by atoms with van der Waals surface area (Å²) in [5.41, 5.74) is 0.899. The van der Waals surface area contributed by atoms with Gasteiger partial charge in [0.05, 0.1) is 11.6 Å². The summed E-state index contributed by atoms with van der Waals surface area (Å²) >= 11 is 5.83. The number of pyridine rings is 1. The monoisotopic (exact) mass is 171 g/mol. The Morgan fingerprint density at radius 3 is 3.00 bits per heavy atom. The largest absolute Gasteiger partial charge is 0.478 e. The second-order valence-corrected chi connectivity index (χ2v) is 2.56. The third-order valence-corrected chi connectivity index (χ3v) is 1.78. The van der Waals surface area contributed by atoms with Gasteiger partial charge >= 0.3 is 0 Å². The molecule has 2 nitrogen and oxygen atoms in total. The highest BCUT2D eigenvalue weighted by Gasteiger charge is 2.02. The van der Waals surface area contributed by atoms with Crippen molar-refractivity contribution in [3.8, 4) is 5.88 Å². The molecule has 0 radical (unpaired) electrons. The molecule has 0 fully saturated rings. The zero-order valence-electron chi connectivity index (χ0n) is 6.60. The van der Waals surface area contributed by atoms with Crippen molar-refractivity contribution in [3.63, 3.8) is 0 Å². The zero-order valence-corrected chi connectivity index (χ0v) is 7.35. The second-order valence-electron chi connectivity index (χ2n) is 2.16. The quantitative estimate of drug-likeness (QED) is 0.682. The van der Waals surface area contributed by atoms with E-state index in [4.69, 9.17) is 16.3 Å². The van der Waals surface area contributed by atoms with Gasteiger partial charge in [-0.05, 0) is 19.9 Å². The van der Waals surface area contributed by atoms with E-state index in [2.05, 4.69) is 4.98 Å². The Labute approximate surface area is 71.2 Å². The zero-order chi connectivity index (χ0) is 8.27. The van der Waals surface area contributed by atoms with E-state index in [-0.39, 0.29) is 0 Å². The standard InChI is InChI=1S/C8H10ClNO/c1-3-11-8-6(2)7(9)4-5-10-8/h4-5H,3H2,1-2H3. The van der Waals surface area contributed by atoms with E-state index in [9.17, 15) is 0 Å². The van der Waals surface area contributed by atoms with E-state index in [1.165, 1.54) is 0 Å². The molecular weight excluding hydrogens is 162 g/mol. The number of ether oxygens (including phenoxy) is 1. The summed E-state index contributed by atoms with van der Waals surface area (Å²) in [5, 5.41) is 0.698. The Kier molecular flexibility index (Phi) is 2.71. The van der Waals surface area contributed by atoms with Gasteiger partial charge < -0.3 is 4.74 Å². The number of hydrogen-bond acceptors (Lipinski definition) is 2. The van der Waals surface area contributed by atoms with Crippen LogP contribution in [0.3, 0.4) is 0 Å². The Morgan fingerprint density at radius 1 is 1.64 bits per heavy atom. The molecule has 0 unspecified atom stereocenters. The molecule has 0 aliphatic rings. The van der Waals surface area contributed by atoms with E-state index >= 15 is 0 Å². The van der Waals surface area contributed by atoms with Crippen LogP contribution in [0, 0.1) is 6.92 Å². The SMILES string of the molecule is CCOc1nccc(Cl)c1C. The molecule has 0 atom stereocenters. The molecule has 0 amide bonds. The fraction of sp³-hybridized carbons (Fsp3) is 0.375. The molecule has 0 saturated carbocycles. The minimum atomic E-state index is 0.619. The van der Waals surface area contributed by atoms with E-state index in [0.29, 0.717) is 17.5 Å². The lowest BCUT2D eigenvalue weighted by Crippen LogP contribution is -1.96. The summed E-state index contributed by atoms with van der Waals surface area (Å²) in [6.07, 6.45) is 1.64. The molecule has 0 spiro atoms. The van der Waals surface area contributed by atoms with Crippen molar-refractivity contribution in [2.45, 2.75) is 13.8 Å². The third-order valence-electron chi connectivity index (χ3n) is 1.37. The number of aromatic nitrogens is 1. The lowest BCUT2D eigenvalue weighted by Gasteiger charge is -2.05. The average Bonchev–Trinajstić information content (AvgIpc) is 1.99. The number of rotatable bonds is 2. The van der Waals surface area contributed by atoms with Crippen molar-refractivity contribution >= 4 is 11.6 Å². The van der Waals surface area contributed by atoms with Crippen LogP contribution in [0.4, 0.5) is 0 Å². The van der Waals surface area contributed by atoms with Crippen molar-refractivity contribution in [1.82, 2.24) is 4.98 Å². The molecule has 0 saturated heterocycles. The molecule has 0 aromatic carbocycles. The summed E-state index contributed by atoms with van der Waals surface area (Å²) < 4.78 is 5.22. The topological polar surface area (TPSA) is 22.1 Å². The van der Waals surface area contributed by atoms with Gasteiger partial charge in [-0.2, -0.15) is 0 Å². The average molecular weight is 172 g/mol. The van der Waals surface area contributed by atoms with Crippen molar-refractivity contribution in [2.24, 2.45) is 0 Å². The minimum absolute atomic E-state index is 0.619. The first kappa shape index (κ1) is 8.34. The molecule has 1 heterocycles. The minimum Gasteiger partial charge on any atom is -0.478 e. The summed E-state index contributed by atoms with van der Waals surface area (Å²) in [6, 6.07) is 1.75. The smallest absolute Gasteiger partial charge is 0.217 e. The van der Waals surface area contributed by atoms with Crippen LogP contribution in [-0.2, 0) is 0 Å². The van der Waals surface area contributed by atoms with E-state index in [0.717, 1.165) is 5.56 Å². The van der Waals surface area contributed by atoms with E-state index < -0.39 is 0 Å². The van der Waals surface area contributed by atoms with Crippen LogP contribution in [0.1, 0.15) is 12.5 Å². The van der Waals surface area contributed by atoms with Crippen LogP contribution in [0.2, 0.25) is 5.02 Å². The van der Waals surface area contributed by atoms with Gasteiger partial charge in [0.15, 0.2) is 0 Å². The maximum absolute atomic E-state index is 5.83. The number of nitrogens with zero attached hydrogens (tertiary/aromatic N) is 1. The molecule has 1 aromatic heterocycles. The molecule has 0 aliphatic carbocycles. The maximum atomic E-state index is 5.83. The molecule has 60 valence electrons. The van der Waals surface area contributed by atoms with Crippen LogP contribution >= 0.6 is 11.6 Å². The summed E-state index contributed by atoms with van der Waals surface area (Å²) in [5.74, 6) is 0.625. The van der Waals surface area contributed by atoms with Gasteiger partial charge in [-0.25, -0.2) is 4.98 Å². The third kappa shape index (κ3) is 1.84. The van der Waals surface area contributed by atoms with Crippen molar-refractivity contribution < 1.29 is 4.74 Å². The number of halogens is 1. The van der Waals surface area contributed by atoms with Gasteiger partial charge in [0.1, 0.15) is 0 Å². The highest BCUT2D eigenvalue weighted by Crippen LogP contribution is 2.21. The van der Waals surface area contributed by atoms with Gasteiger partial charge in [-0.3, -0.25) is 0 Å². The molecule has 0 N–H and O–H groups in total. The van der Waals surface area contributed by atoms with Gasteiger partial charge in [-0.15, -0.1) is 0 Å². The van der Waals surface area contributed by atoms with Crippen molar-refractivity contribution in [2.75, 3.05) is 6.61 Å².